The lowest BCUT2D eigenvalue weighted by atomic mass is 10.0. The van der Waals surface area contributed by atoms with Crippen molar-refractivity contribution in [2.75, 3.05) is 16.8 Å². The number of nitrogens with one attached hydrogen (secondary N) is 1. The number of amides is 1. The highest BCUT2D eigenvalue weighted by Gasteiger charge is 2.26. The van der Waals surface area contributed by atoms with Crippen LogP contribution in [0.1, 0.15) is 36.5 Å². The predicted molar refractivity (Wildman–Crippen MR) is 103 cm³/mol. The summed E-state index contributed by atoms with van der Waals surface area (Å²) in [5.41, 5.74) is 1.31. The molecule has 0 bridgehead atoms. The normalized spacial score (nSPS) is 17.0. The second-order valence-corrected chi connectivity index (χ2v) is 6.90. The van der Waals surface area contributed by atoms with Gasteiger partial charge in [0.25, 0.3) is 11.6 Å². The van der Waals surface area contributed by atoms with Gasteiger partial charge in [0, 0.05) is 34.9 Å². The summed E-state index contributed by atoms with van der Waals surface area (Å²) >= 11 is 5.92. The van der Waals surface area contributed by atoms with Gasteiger partial charge in [0.2, 0.25) is 0 Å². The van der Waals surface area contributed by atoms with Crippen LogP contribution in [-0.4, -0.2) is 23.4 Å². The van der Waals surface area contributed by atoms with Gasteiger partial charge in [0.1, 0.15) is 5.69 Å². The number of piperidine rings is 1. The molecule has 2 aromatic rings. The molecule has 0 spiro atoms. The van der Waals surface area contributed by atoms with E-state index in [1.807, 2.05) is 0 Å². The van der Waals surface area contributed by atoms with Gasteiger partial charge >= 0.3 is 0 Å². The van der Waals surface area contributed by atoms with Crippen LogP contribution in [0.25, 0.3) is 0 Å². The smallest absolute Gasteiger partial charge is 0.293 e. The van der Waals surface area contributed by atoms with E-state index in [1.54, 1.807) is 36.4 Å². The maximum Gasteiger partial charge on any atom is 0.293 e. The van der Waals surface area contributed by atoms with E-state index >= 15 is 0 Å². The Labute approximate surface area is 156 Å². The van der Waals surface area contributed by atoms with Gasteiger partial charge in [-0.3, -0.25) is 14.9 Å². The second kappa shape index (κ2) is 7.74. The number of carbonyl (C=O) groups excluding carboxylic acids is 1. The molecule has 1 amide bonds. The monoisotopic (exact) mass is 373 g/mol. The van der Waals surface area contributed by atoms with Crippen molar-refractivity contribution in [1.29, 1.82) is 0 Å². The van der Waals surface area contributed by atoms with Gasteiger partial charge in [-0.2, -0.15) is 0 Å². The minimum Gasteiger partial charge on any atom is -0.363 e. The number of benzene rings is 2. The molecule has 3 rings (SSSR count). The first-order valence-electron chi connectivity index (χ1n) is 8.57. The van der Waals surface area contributed by atoms with Gasteiger partial charge in [-0.05, 0) is 56.5 Å². The van der Waals surface area contributed by atoms with E-state index in [9.17, 15) is 14.9 Å². The number of hydrogen-bond acceptors (Lipinski definition) is 4. The zero-order valence-electron chi connectivity index (χ0n) is 14.4. The first-order chi connectivity index (χ1) is 12.5. The summed E-state index contributed by atoms with van der Waals surface area (Å²) in [5, 5.41) is 14.8. The number of halogens is 1. The van der Waals surface area contributed by atoms with Crippen molar-refractivity contribution < 1.29 is 9.72 Å². The van der Waals surface area contributed by atoms with Gasteiger partial charge in [-0.25, -0.2) is 0 Å². The fraction of sp³-hybridized carbons (Fsp3) is 0.316. The Kier molecular flexibility index (Phi) is 5.42. The van der Waals surface area contributed by atoms with Crippen molar-refractivity contribution in [3.8, 4) is 0 Å². The molecule has 1 aliphatic heterocycles. The standard InChI is InChI=1S/C19H20ClN3O3/c1-13-5-2-3-10-22(13)17-9-8-14(11-18(17)23(25)26)19(24)21-16-7-4-6-15(20)12-16/h4,6-9,11-13H,2-3,5,10H2,1H3,(H,21,24)/t13-/m1/s1. The molecule has 0 saturated carbocycles. The number of nitrogens with zero attached hydrogens (tertiary/aromatic N) is 2. The minimum absolute atomic E-state index is 0.0440. The molecule has 1 saturated heterocycles. The number of nitro benzene ring substituents is 1. The highest BCUT2D eigenvalue weighted by molar-refractivity contribution is 6.31. The Morgan fingerprint density at radius 1 is 1.27 bits per heavy atom. The molecule has 0 radical (unpaired) electrons. The summed E-state index contributed by atoms with van der Waals surface area (Å²) in [6.45, 7) is 2.86. The van der Waals surface area contributed by atoms with E-state index in [0.717, 1.165) is 25.8 Å². The molecule has 1 fully saturated rings. The van der Waals surface area contributed by atoms with Gasteiger partial charge in [0.05, 0.1) is 4.92 Å². The van der Waals surface area contributed by atoms with Crippen LogP contribution >= 0.6 is 11.6 Å². The molecule has 0 aliphatic carbocycles. The van der Waals surface area contributed by atoms with Crippen molar-refractivity contribution in [2.24, 2.45) is 0 Å². The van der Waals surface area contributed by atoms with Gasteiger partial charge in [-0.15, -0.1) is 0 Å². The largest absolute Gasteiger partial charge is 0.363 e. The maximum absolute atomic E-state index is 12.5. The lowest BCUT2D eigenvalue weighted by molar-refractivity contribution is -0.384. The van der Waals surface area contributed by atoms with Gasteiger partial charge < -0.3 is 10.2 Å². The summed E-state index contributed by atoms with van der Waals surface area (Å²) in [6.07, 6.45) is 3.15. The fourth-order valence-corrected chi connectivity index (χ4v) is 3.47. The molecular formula is C19H20ClN3O3. The van der Waals surface area contributed by atoms with Crippen LogP contribution in [0.2, 0.25) is 5.02 Å². The minimum atomic E-state index is -0.424. The fourth-order valence-electron chi connectivity index (χ4n) is 3.28. The quantitative estimate of drug-likeness (QED) is 0.612. The Morgan fingerprint density at radius 2 is 2.08 bits per heavy atom. The highest BCUT2D eigenvalue weighted by atomic mass is 35.5. The van der Waals surface area contributed by atoms with E-state index in [0.29, 0.717) is 16.4 Å². The molecule has 1 N–H and O–H groups in total. The molecule has 6 nitrogen and oxygen atoms in total. The van der Waals surface area contributed by atoms with E-state index in [2.05, 4.69) is 17.1 Å². The summed E-state index contributed by atoms with van der Waals surface area (Å²) < 4.78 is 0. The number of nitro groups is 1. The van der Waals surface area contributed by atoms with E-state index < -0.39 is 10.8 Å². The average molecular weight is 374 g/mol. The van der Waals surface area contributed by atoms with Crippen molar-refractivity contribution in [1.82, 2.24) is 0 Å². The topological polar surface area (TPSA) is 75.5 Å². The predicted octanol–water partition coefficient (Wildman–Crippen LogP) is 4.88. The first-order valence-corrected chi connectivity index (χ1v) is 8.95. The molecule has 1 heterocycles. The summed E-state index contributed by atoms with van der Waals surface area (Å²) in [7, 11) is 0. The van der Waals surface area contributed by atoms with Crippen LogP contribution in [-0.2, 0) is 0 Å². The molecule has 26 heavy (non-hydrogen) atoms. The Balaban J connectivity index is 1.88. The SMILES string of the molecule is C[C@@H]1CCCCN1c1ccc(C(=O)Nc2cccc(Cl)c2)cc1[N+](=O)[O-]. The lowest BCUT2D eigenvalue weighted by Gasteiger charge is -2.35. The van der Waals surface area contributed by atoms with Crippen molar-refractivity contribution in [3.05, 3.63) is 63.2 Å². The number of hydrogen-bond donors (Lipinski definition) is 1. The van der Waals surface area contributed by atoms with Crippen LogP contribution in [0.4, 0.5) is 17.1 Å². The number of rotatable bonds is 4. The third kappa shape index (κ3) is 3.96. The van der Waals surface area contributed by atoms with Crippen molar-refractivity contribution in [2.45, 2.75) is 32.2 Å². The Hall–Kier alpha value is -2.60. The molecular weight excluding hydrogens is 354 g/mol. The van der Waals surface area contributed by atoms with E-state index in [1.165, 1.54) is 6.07 Å². The molecule has 1 atom stereocenters. The molecule has 1 aliphatic rings. The van der Waals surface area contributed by atoms with Crippen molar-refractivity contribution >= 4 is 34.6 Å². The lowest BCUT2D eigenvalue weighted by Crippen LogP contribution is -2.37. The van der Waals surface area contributed by atoms with Crippen LogP contribution in [0.5, 0.6) is 0 Å². The third-order valence-electron chi connectivity index (χ3n) is 4.63. The van der Waals surface area contributed by atoms with Crippen LogP contribution < -0.4 is 10.2 Å². The van der Waals surface area contributed by atoms with Gasteiger partial charge in [-0.1, -0.05) is 17.7 Å². The van der Waals surface area contributed by atoms with E-state index in [4.69, 9.17) is 11.6 Å². The number of anilines is 2. The molecule has 0 aromatic heterocycles. The van der Waals surface area contributed by atoms with Crippen molar-refractivity contribution in [3.63, 3.8) is 0 Å². The molecule has 7 heteroatoms. The zero-order chi connectivity index (χ0) is 18.7. The second-order valence-electron chi connectivity index (χ2n) is 6.46. The van der Waals surface area contributed by atoms with Crippen LogP contribution in [0.3, 0.4) is 0 Å². The Bertz CT molecular complexity index is 841. The van der Waals surface area contributed by atoms with Gasteiger partial charge in [0.15, 0.2) is 0 Å². The summed E-state index contributed by atoms with van der Waals surface area (Å²) in [5.74, 6) is -0.409. The Morgan fingerprint density at radius 3 is 2.77 bits per heavy atom. The van der Waals surface area contributed by atoms with Crippen LogP contribution in [0.15, 0.2) is 42.5 Å². The summed E-state index contributed by atoms with van der Waals surface area (Å²) in [4.78, 5) is 25.7. The number of carbonyl (C=O) groups is 1. The van der Waals surface area contributed by atoms with E-state index in [-0.39, 0.29) is 17.3 Å². The molecule has 0 unspecified atom stereocenters. The maximum atomic E-state index is 12.5. The zero-order valence-corrected chi connectivity index (χ0v) is 15.2. The third-order valence-corrected chi connectivity index (χ3v) is 4.86. The summed E-state index contributed by atoms with van der Waals surface area (Å²) in [6, 6.07) is 11.7. The van der Waals surface area contributed by atoms with Crippen LogP contribution in [0, 0.1) is 10.1 Å². The average Bonchev–Trinajstić information content (AvgIpc) is 2.61. The molecule has 2 aromatic carbocycles. The highest BCUT2D eigenvalue weighted by Crippen LogP contribution is 2.33. The molecule has 136 valence electrons. The first kappa shape index (κ1) is 18.2.